The number of likely N-dealkylation sites (tertiary alicyclic amines) is 1. The minimum Gasteiger partial charge on any atom is -0.455 e. The maximum Gasteiger partial charge on any atom is 0.311 e. The summed E-state index contributed by atoms with van der Waals surface area (Å²) in [5.41, 5.74) is 0.859. The fourth-order valence-corrected chi connectivity index (χ4v) is 4.34. The Morgan fingerprint density at radius 2 is 2.03 bits per heavy atom. The van der Waals surface area contributed by atoms with Gasteiger partial charge in [0.2, 0.25) is 0 Å². The van der Waals surface area contributed by atoms with Gasteiger partial charge in [-0.25, -0.2) is 4.68 Å². The van der Waals surface area contributed by atoms with Crippen molar-refractivity contribution in [3.05, 3.63) is 64.5 Å². The second-order valence-corrected chi connectivity index (χ2v) is 8.44. The van der Waals surface area contributed by atoms with Crippen LogP contribution >= 0.6 is 11.3 Å². The third kappa shape index (κ3) is 5.10. The number of rotatable bonds is 6. The molecule has 3 heterocycles. The summed E-state index contributed by atoms with van der Waals surface area (Å²) in [6, 6.07) is 14.6. The van der Waals surface area contributed by atoms with Crippen LogP contribution in [0.5, 0.6) is 0 Å². The first-order valence-corrected chi connectivity index (χ1v) is 11.3. The maximum absolute atomic E-state index is 12.6. The van der Waals surface area contributed by atoms with Gasteiger partial charge in [-0.1, -0.05) is 24.3 Å². The molecule has 168 valence electrons. The molecule has 0 saturated carbocycles. The lowest BCUT2D eigenvalue weighted by Crippen LogP contribution is -2.43. The molecule has 0 radical (unpaired) electrons. The zero-order chi connectivity index (χ0) is 23.2. The number of amides is 2. The van der Waals surface area contributed by atoms with E-state index < -0.39 is 24.4 Å². The summed E-state index contributed by atoms with van der Waals surface area (Å²) in [7, 11) is 0. The second-order valence-electron chi connectivity index (χ2n) is 7.49. The van der Waals surface area contributed by atoms with Crippen LogP contribution in [-0.4, -0.2) is 52.2 Å². The number of thiophene rings is 1. The van der Waals surface area contributed by atoms with Crippen LogP contribution in [0.3, 0.4) is 0 Å². The number of anilines is 1. The van der Waals surface area contributed by atoms with Crippen LogP contribution in [0.2, 0.25) is 0 Å². The summed E-state index contributed by atoms with van der Waals surface area (Å²) >= 11 is 1.36. The van der Waals surface area contributed by atoms with Gasteiger partial charge in [0, 0.05) is 13.1 Å². The van der Waals surface area contributed by atoms with E-state index in [0.717, 1.165) is 0 Å². The third-order valence-corrected chi connectivity index (χ3v) is 6.13. The van der Waals surface area contributed by atoms with Gasteiger partial charge in [-0.2, -0.15) is 10.4 Å². The lowest BCUT2D eigenvalue weighted by molar-refractivity contribution is -0.152. The zero-order valence-electron chi connectivity index (χ0n) is 17.6. The van der Waals surface area contributed by atoms with Crippen LogP contribution in [0.4, 0.5) is 5.82 Å². The van der Waals surface area contributed by atoms with E-state index in [1.807, 2.05) is 35.7 Å². The SMILES string of the molecule is N#Cc1cnn(-c2ccccc2)c1NC(=O)COC(=O)C1CCCN(C(=O)c2cccs2)C1. The van der Waals surface area contributed by atoms with E-state index in [4.69, 9.17) is 4.74 Å². The van der Waals surface area contributed by atoms with Gasteiger partial charge >= 0.3 is 5.97 Å². The number of esters is 1. The summed E-state index contributed by atoms with van der Waals surface area (Å²) in [6.45, 7) is 0.344. The number of piperidine rings is 1. The smallest absolute Gasteiger partial charge is 0.311 e. The van der Waals surface area contributed by atoms with Crippen molar-refractivity contribution >= 4 is 34.9 Å². The number of nitrogens with zero attached hydrogens (tertiary/aromatic N) is 4. The molecule has 1 saturated heterocycles. The van der Waals surface area contributed by atoms with Crippen molar-refractivity contribution in [2.45, 2.75) is 12.8 Å². The Hall–Kier alpha value is -3.97. The first kappa shape index (κ1) is 22.2. The summed E-state index contributed by atoms with van der Waals surface area (Å²) in [4.78, 5) is 39.9. The van der Waals surface area contributed by atoms with E-state index in [1.54, 1.807) is 23.1 Å². The van der Waals surface area contributed by atoms with E-state index in [0.29, 0.717) is 30.0 Å². The fraction of sp³-hybridized carbons (Fsp3) is 0.261. The average Bonchev–Trinajstić information content (AvgIpc) is 3.53. The molecule has 1 aliphatic rings. The van der Waals surface area contributed by atoms with E-state index in [2.05, 4.69) is 10.4 Å². The molecule has 4 rings (SSSR count). The summed E-state index contributed by atoms with van der Waals surface area (Å²) in [6.07, 6.45) is 2.63. The van der Waals surface area contributed by atoms with Crippen molar-refractivity contribution in [3.63, 3.8) is 0 Å². The number of benzene rings is 1. The molecule has 0 aliphatic carbocycles. The topological polar surface area (TPSA) is 117 Å². The Morgan fingerprint density at radius 3 is 2.76 bits per heavy atom. The standard InChI is InChI=1S/C23H21N5O4S/c24-12-17-13-25-28(18-7-2-1-3-8-18)21(17)26-20(29)15-32-23(31)16-6-4-10-27(14-16)22(30)19-9-5-11-33-19/h1-3,5,7-9,11,13,16H,4,6,10,14-15H2,(H,26,29). The van der Waals surface area contributed by atoms with Gasteiger partial charge < -0.3 is 15.0 Å². The van der Waals surface area contributed by atoms with Crippen LogP contribution in [0, 0.1) is 17.2 Å². The maximum atomic E-state index is 12.6. The number of hydrogen-bond acceptors (Lipinski definition) is 7. The quantitative estimate of drug-likeness (QED) is 0.562. The predicted octanol–water partition coefficient (Wildman–Crippen LogP) is 2.84. The predicted molar refractivity (Wildman–Crippen MR) is 121 cm³/mol. The van der Waals surface area contributed by atoms with Gasteiger partial charge in [-0.05, 0) is 36.4 Å². The number of aromatic nitrogens is 2. The molecule has 1 unspecified atom stereocenters. The van der Waals surface area contributed by atoms with Crippen molar-refractivity contribution in [3.8, 4) is 11.8 Å². The molecule has 33 heavy (non-hydrogen) atoms. The molecule has 1 atom stereocenters. The molecule has 2 amide bonds. The fourth-order valence-electron chi connectivity index (χ4n) is 3.65. The highest BCUT2D eigenvalue weighted by molar-refractivity contribution is 7.12. The van der Waals surface area contributed by atoms with E-state index >= 15 is 0 Å². The number of nitriles is 1. The lowest BCUT2D eigenvalue weighted by Gasteiger charge is -2.31. The number of carbonyl (C=O) groups excluding carboxylic acids is 3. The molecule has 3 aromatic rings. The molecule has 1 aliphatic heterocycles. The molecule has 2 aromatic heterocycles. The molecule has 1 aromatic carbocycles. The van der Waals surface area contributed by atoms with Crippen molar-refractivity contribution in [2.75, 3.05) is 25.0 Å². The van der Waals surface area contributed by atoms with E-state index in [9.17, 15) is 19.6 Å². The number of nitrogens with one attached hydrogen (secondary N) is 1. The van der Waals surface area contributed by atoms with Crippen LogP contribution in [-0.2, 0) is 14.3 Å². The molecule has 9 nitrogen and oxygen atoms in total. The molecular formula is C23H21N5O4S. The van der Waals surface area contributed by atoms with Crippen LogP contribution in [0.1, 0.15) is 28.1 Å². The number of ether oxygens (including phenoxy) is 1. The third-order valence-electron chi connectivity index (χ3n) is 5.27. The minimum atomic E-state index is -0.583. The van der Waals surface area contributed by atoms with Gasteiger partial charge in [-0.15, -0.1) is 11.3 Å². The van der Waals surface area contributed by atoms with Crippen molar-refractivity contribution in [1.29, 1.82) is 5.26 Å². The molecule has 0 spiro atoms. The highest BCUT2D eigenvalue weighted by Crippen LogP contribution is 2.22. The van der Waals surface area contributed by atoms with Gasteiger partial charge in [0.05, 0.1) is 22.7 Å². The largest absolute Gasteiger partial charge is 0.455 e. The first-order chi connectivity index (χ1) is 16.1. The Bertz CT molecular complexity index is 1180. The van der Waals surface area contributed by atoms with Crippen molar-refractivity contribution in [1.82, 2.24) is 14.7 Å². The number of carbonyl (C=O) groups is 3. The summed E-state index contributed by atoms with van der Waals surface area (Å²) < 4.78 is 6.67. The number of hydrogen-bond donors (Lipinski definition) is 1. The monoisotopic (exact) mass is 463 g/mol. The Kier molecular flexibility index (Phi) is 6.80. The van der Waals surface area contributed by atoms with E-state index in [-0.39, 0.29) is 23.8 Å². The zero-order valence-corrected chi connectivity index (χ0v) is 18.5. The normalized spacial score (nSPS) is 15.5. The van der Waals surface area contributed by atoms with Gasteiger partial charge in [0.25, 0.3) is 11.8 Å². The van der Waals surface area contributed by atoms with E-state index in [1.165, 1.54) is 22.2 Å². The molecule has 1 fully saturated rings. The Balaban J connectivity index is 1.35. The van der Waals surface area contributed by atoms with Crippen molar-refractivity contribution < 1.29 is 19.1 Å². The highest BCUT2D eigenvalue weighted by atomic mass is 32.1. The van der Waals surface area contributed by atoms with Gasteiger partial charge in [-0.3, -0.25) is 14.4 Å². The highest BCUT2D eigenvalue weighted by Gasteiger charge is 2.30. The van der Waals surface area contributed by atoms with Crippen LogP contribution in [0.15, 0.2) is 54.0 Å². The number of para-hydroxylation sites is 1. The average molecular weight is 464 g/mol. The van der Waals surface area contributed by atoms with Crippen molar-refractivity contribution in [2.24, 2.45) is 5.92 Å². The van der Waals surface area contributed by atoms with Crippen LogP contribution < -0.4 is 5.32 Å². The van der Waals surface area contributed by atoms with Gasteiger partial charge in [0.15, 0.2) is 12.4 Å². The van der Waals surface area contributed by atoms with Gasteiger partial charge in [0.1, 0.15) is 11.6 Å². The first-order valence-electron chi connectivity index (χ1n) is 10.4. The molecule has 10 heteroatoms. The second kappa shape index (κ2) is 10.1. The van der Waals surface area contributed by atoms with Crippen LogP contribution in [0.25, 0.3) is 5.69 Å². The molecule has 0 bridgehead atoms. The minimum absolute atomic E-state index is 0.0987. The molecule has 1 N–H and O–H groups in total. The summed E-state index contributed by atoms with van der Waals surface area (Å²) in [5, 5.41) is 18.0. The molecular weight excluding hydrogens is 442 g/mol. The Labute approximate surface area is 194 Å². The Morgan fingerprint density at radius 1 is 1.21 bits per heavy atom. The summed E-state index contributed by atoms with van der Waals surface area (Å²) in [5.74, 6) is -1.49. The lowest BCUT2D eigenvalue weighted by atomic mass is 9.98.